The van der Waals surface area contributed by atoms with Gasteiger partial charge in [-0.15, -0.1) is 0 Å². The summed E-state index contributed by atoms with van der Waals surface area (Å²) in [5.74, 6) is -0.599. The Kier molecular flexibility index (Phi) is 5.32. The summed E-state index contributed by atoms with van der Waals surface area (Å²) in [6.07, 6.45) is -3.95. The third-order valence-electron chi connectivity index (χ3n) is 2.69. The summed E-state index contributed by atoms with van der Waals surface area (Å²) in [4.78, 5) is 11.1. The third kappa shape index (κ3) is 4.98. The minimum Gasteiger partial charge on any atom is -0.435 e. The monoisotopic (exact) mass is 372 g/mol. The second-order valence-electron chi connectivity index (χ2n) is 4.59. The van der Waals surface area contributed by atoms with Crippen molar-refractivity contribution in [2.75, 3.05) is 0 Å². The van der Waals surface area contributed by atoms with Gasteiger partial charge in [0.2, 0.25) is 11.8 Å². The summed E-state index contributed by atoms with van der Waals surface area (Å²) in [6, 6.07) is 6.99. The Labute approximate surface area is 145 Å². The summed E-state index contributed by atoms with van der Waals surface area (Å²) in [5.41, 5.74) is 15.2. The highest BCUT2D eigenvalue weighted by Crippen LogP contribution is 2.37. The molecule has 132 valence electrons. The Morgan fingerprint density at radius 1 is 1.16 bits per heavy atom. The lowest BCUT2D eigenvalue weighted by atomic mass is 10.3. The fourth-order valence-electron chi connectivity index (χ4n) is 1.68. The van der Waals surface area contributed by atoms with Crippen LogP contribution < -0.4 is 21.9 Å². The van der Waals surface area contributed by atoms with E-state index in [2.05, 4.69) is 15.0 Å². The molecule has 0 spiro atoms. The molecular weight excluding hydrogens is 361 g/mol. The number of guanidine groups is 2. The van der Waals surface area contributed by atoms with Gasteiger partial charge in [0.05, 0.1) is 5.56 Å². The van der Waals surface area contributed by atoms with Crippen molar-refractivity contribution in [1.29, 1.82) is 0 Å². The number of nitrogens with two attached hydrogens (primary N) is 3. The number of halogens is 4. The number of rotatable bonds is 3. The van der Waals surface area contributed by atoms with Crippen molar-refractivity contribution in [2.45, 2.75) is 6.18 Å². The van der Waals surface area contributed by atoms with Gasteiger partial charge >= 0.3 is 6.18 Å². The lowest BCUT2D eigenvalue weighted by molar-refractivity contribution is -0.137. The summed E-state index contributed by atoms with van der Waals surface area (Å²) >= 11 is 5.81. The Balaban J connectivity index is 2.35. The highest BCUT2D eigenvalue weighted by Gasteiger charge is 2.31. The lowest BCUT2D eigenvalue weighted by Crippen LogP contribution is -2.26. The van der Waals surface area contributed by atoms with Crippen molar-refractivity contribution in [3.8, 4) is 11.6 Å². The van der Waals surface area contributed by atoms with E-state index in [1.54, 1.807) is 12.1 Å². The topological polar surface area (TPSA) is 125 Å². The summed E-state index contributed by atoms with van der Waals surface area (Å²) in [5, 5.41) is -0.314. The van der Waals surface area contributed by atoms with Crippen LogP contribution in [0.2, 0.25) is 5.02 Å². The number of ether oxygens (including phenoxy) is 1. The van der Waals surface area contributed by atoms with Gasteiger partial charge in [-0.1, -0.05) is 23.7 Å². The number of benzene rings is 1. The number of hydrogen-bond acceptors (Lipinski definition) is 3. The highest BCUT2D eigenvalue weighted by atomic mass is 35.5. The van der Waals surface area contributed by atoms with Crippen LogP contribution in [0.15, 0.2) is 46.5 Å². The first-order chi connectivity index (χ1) is 11.7. The molecule has 0 aliphatic heterocycles. The first-order valence-electron chi connectivity index (χ1n) is 6.60. The summed E-state index contributed by atoms with van der Waals surface area (Å²) in [6.45, 7) is 0. The molecular formula is C14H12ClF3N6O. The quantitative estimate of drug-likeness (QED) is 0.564. The van der Waals surface area contributed by atoms with E-state index in [-0.39, 0.29) is 34.3 Å². The van der Waals surface area contributed by atoms with E-state index in [0.717, 1.165) is 0 Å². The summed E-state index contributed by atoms with van der Waals surface area (Å²) < 4.78 is 43.3. The van der Waals surface area contributed by atoms with Crippen LogP contribution in [0.4, 0.5) is 18.9 Å². The Hall–Kier alpha value is -3.01. The van der Waals surface area contributed by atoms with Crippen molar-refractivity contribution in [1.82, 2.24) is 4.98 Å². The molecule has 1 aromatic carbocycles. The van der Waals surface area contributed by atoms with Gasteiger partial charge in [-0.25, -0.2) is 9.98 Å². The number of aromatic nitrogens is 1. The molecule has 6 N–H and O–H groups in total. The van der Waals surface area contributed by atoms with Gasteiger partial charge in [0.15, 0.2) is 11.7 Å². The third-order valence-corrected chi connectivity index (χ3v) is 2.96. The first kappa shape index (κ1) is 18.3. The lowest BCUT2D eigenvalue weighted by Gasteiger charge is -2.11. The van der Waals surface area contributed by atoms with E-state index in [0.29, 0.717) is 12.3 Å². The maximum absolute atomic E-state index is 12.6. The van der Waals surface area contributed by atoms with E-state index in [1.165, 1.54) is 12.1 Å². The van der Waals surface area contributed by atoms with Crippen molar-refractivity contribution < 1.29 is 17.9 Å². The van der Waals surface area contributed by atoms with Crippen LogP contribution in [0.3, 0.4) is 0 Å². The van der Waals surface area contributed by atoms with Crippen molar-refractivity contribution in [2.24, 2.45) is 27.2 Å². The van der Waals surface area contributed by atoms with Gasteiger partial charge in [-0.3, -0.25) is 0 Å². The molecule has 25 heavy (non-hydrogen) atoms. The maximum atomic E-state index is 12.6. The van der Waals surface area contributed by atoms with Crippen molar-refractivity contribution in [3.05, 3.63) is 47.1 Å². The van der Waals surface area contributed by atoms with Gasteiger partial charge in [0.25, 0.3) is 0 Å². The molecule has 11 heteroatoms. The molecule has 0 saturated carbocycles. The van der Waals surface area contributed by atoms with Crippen molar-refractivity contribution in [3.63, 3.8) is 0 Å². The normalized spacial score (nSPS) is 11.9. The standard InChI is InChI=1S/C14H12ClF3N6O/c15-8-5-7(14(16,17)18)6-22-11(8)25-10-4-2-1-3-9(10)23-13(21)24-12(19)20/h1-6H,(H6,19,20,21,23,24). The van der Waals surface area contributed by atoms with Crippen LogP contribution in [0.25, 0.3) is 0 Å². The molecule has 0 bridgehead atoms. The smallest absolute Gasteiger partial charge is 0.417 e. The number of hydrogen-bond donors (Lipinski definition) is 3. The number of alkyl halides is 3. The molecule has 1 aromatic heterocycles. The van der Waals surface area contributed by atoms with E-state index in [1.807, 2.05) is 0 Å². The van der Waals surface area contributed by atoms with Crippen LogP contribution in [0, 0.1) is 0 Å². The predicted octanol–water partition coefficient (Wildman–Crippen LogP) is 2.77. The average molecular weight is 373 g/mol. The van der Waals surface area contributed by atoms with Gasteiger partial charge in [0, 0.05) is 6.20 Å². The van der Waals surface area contributed by atoms with Crippen LogP contribution in [0.1, 0.15) is 5.56 Å². The van der Waals surface area contributed by atoms with Crippen LogP contribution in [-0.2, 0) is 6.18 Å². The molecule has 0 atom stereocenters. The Bertz CT molecular complexity index is 834. The molecule has 0 unspecified atom stereocenters. The second-order valence-corrected chi connectivity index (χ2v) is 4.99. The highest BCUT2D eigenvalue weighted by molar-refractivity contribution is 6.31. The molecule has 0 fully saturated rings. The van der Waals surface area contributed by atoms with E-state index >= 15 is 0 Å². The predicted molar refractivity (Wildman–Crippen MR) is 87.9 cm³/mol. The number of para-hydroxylation sites is 2. The zero-order valence-electron chi connectivity index (χ0n) is 12.5. The number of nitrogens with zero attached hydrogens (tertiary/aromatic N) is 3. The maximum Gasteiger partial charge on any atom is 0.417 e. The largest absolute Gasteiger partial charge is 0.435 e. The van der Waals surface area contributed by atoms with Crippen molar-refractivity contribution >= 4 is 29.2 Å². The molecule has 0 aliphatic carbocycles. The van der Waals surface area contributed by atoms with Gasteiger partial charge in [-0.05, 0) is 18.2 Å². The number of aliphatic imine (C=N–C) groups is 2. The zero-order valence-corrected chi connectivity index (χ0v) is 13.2. The molecule has 2 aromatic rings. The minimum absolute atomic E-state index is 0.144. The Morgan fingerprint density at radius 2 is 1.84 bits per heavy atom. The first-order valence-corrected chi connectivity index (χ1v) is 6.98. The second kappa shape index (κ2) is 7.26. The fourth-order valence-corrected chi connectivity index (χ4v) is 1.88. The molecule has 7 nitrogen and oxygen atoms in total. The van der Waals surface area contributed by atoms with Gasteiger partial charge in [0.1, 0.15) is 10.7 Å². The van der Waals surface area contributed by atoms with E-state index in [9.17, 15) is 13.2 Å². The molecule has 0 aliphatic rings. The van der Waals surface area contributed by atoms with Crippen LogP contribution in [0.5, 0.6) is 11.6 Å². The van der Waals surface area contributed by atoms with Crippen LogP contribution >= 0.6 is 11.6 Å². The van der Waals surface area contributed by atoms with Crippen LogP contribution in [-0.4, -0.2) is 16.9 Å². The van der Waals surface area contributed by atoms with E-state index in [4.69, 9.17) is 33.5 Å². The van der Waals surface area contributed by atoms with E-state index < -0.39 is 11.7 Å². The minimum atomic E-state index is -4.56. The fraction of sp³-hybridized carbons (Fsp3) is 0.0714. The molecule has 2 rings (SSSR count). The SMILES string of the molecule is NC(N)=NC(N)=Nc1ccccc1Oc1ncc(C(F)(F)F)cc1Cl. The molecule has 0 radical (unpaired) electrons. The molecule has 0 saturated heterocycles. The molecule has 0 amide bonds. The summed E-state index contributed by atoms with van der Waals surface area (Å²) in [7, 11) is 0. The average Bonchev–Trinajstić information content (AvgIpc) is 2.49. The van der Waals surface area contributed by atoms with Gasteiger partial charge < -0.3 is 21.9 Å². The Morgan fingerprint density at radius 3 is 2.44 bits per heavy atom. The zero-order chi connectivity index (χ0) is 18.6. The van der Waals surface area contributed by atoms with Gasteiger partial charge in [-0.2, -0.15) is 18.2 Å². The molecule has 1 heterocycles. The number of pyridine rings is 1.